The molecular formula is C22H21ClN2O2S. The van der Waals surface area contributed by atoms with Gasteiger partial charge in [0.1, 0.15) is 5.75 Å². The Morgan fingerprint density at radius 2 is 1.96 bits per heavy atom. The van der Waals surface area contributed by atoms with E-state index in [2.05, 4.69) is 17.2 Å². The lowest BCUT2D eigenvalue weighted by molar-refractivity contribution is -0.111. The van der Waals surface area contributed by atoms with Gasteiger partial charge in [-0.25, -0.2) is 4.98 Å². The highest BCUT2D eigenvalue weighted by atomic mass is 35.5. The Kier molecular flexibility index (Phi) is 6.85. The molecule has 1 aromatic heterocycles. The number of anilines is 1. The SMILES string of the molecule is CCCOc1ccccc1C=CC(=O)Nc1nc(-c2ccc(Cl)cc2)c(C)s1. The third-order valence-corrected chi connectivity index (χ3v) is 5.08. The van der Waals surface area contributed by atoms with E-state index in [4.69, 9.17) is 16.3 Å². The molecule has 1 heterocycles. The summed E-state index contributed by atoms with van der Waals surface area (Å²) in [4.78, 5) is 17.9. The Labute approximate surface area is 173 Å². The second-order valence-electron chi connectivity index (χ2n) is 6.14. The van der Waals surface area contributed by atoms with Crippen molar-refractivity contribution in [3.8, 4) is 17.0 Å². The Morgan fingerprint density at radius 1 is 1.21 bits per heavy atom. The summed E-state index contributed by atoms with van der Waals surface area (Å²) in [5, 5.41) is 4.07. The molecule has 144 valence electrons. The van der Waals surface area contributed by atoms with Crippen LogP contribution in [0, 0.1) is 6.92 Å². The number of carbonyl (C=O) groups is 1. The fourth-order valence-corrected chi connectivity index (χ4v) is 3.56. The number of benzene rings is 2. The van der Waals surface area contributed by atoms with Crippen LogP contribution in [-0.2, 0) is 4.79 Å². The van der Waals surface area contributed by atoms with Gasteiger partial charge in [0.15, 0.2) is 5.13 Å². The van der Waals surface area contributed by atoms with Gasteiger partial charge in [0.05, 0.1) is 12.3 Å². The number of nitrogens with zero attached hydrogens (tertiary/aromatic N) is 1. The van der Waals surface area contributed by atoms with E-state index < -0.39 is 0 Å². The standard InChI is InChI=1S/C22H21ClN2O2S/c1-3-14-27-19-7-5-4-6-16(19)10-13-20(26)24-22-25-21(15(2)28-22)17-8-11-18(23)12-9-17/h4-13H,3,14H2,1-2H3,(H,24,25,26). The molecule has 0 unspecified atom stereocenters. The zero-order valence-electron chi connectivity index (χ0n) is 15.7. The summed E-state index contributed by atoms with van der Waals surface area (Å²) < 4.78 is 5.71. The Morgan fingerprint density at radius 3 is 2.71 bits per heavy atom. The number of hydrogen-bond donors (Lipinski definition) is 1. The monoisotopic (exact) mass is 412 g/mol. The molecule has 0 spiro atoms. The maximum atomic E-state index is 12.3. The van der Waals surface area contributed by atoms with Crippen LogP contribution in [0.15, 0.2) is 54.6 Å². The van der Waals surface area contributed by atoms with Gasteiger partial charge in [-0.15, -0.1) is 11.3 Å². The van der Waals surface area contributed by atoms with Crippen molar-refractivity contribution in [1.29, 1.82) is 0 Å². The van der Waals surface area contributed by atoms with Gasteiger partial charge in [-0.05, 0) is 37.6 Å². The second kappa shape index (κ2) is 9.53. The lowest BCUT2D eigenvalue weighted by Crippen LogP contribution is -2.07. The second-order valence-corrected chi connectivity index (χ2v) is 7.78. The molecule has 0 atom stereocenters. The molecule has 3 aromatic rings. The largest absolute Gasteiger partial charge is 0.493 e. The van der Waals surface area contributed by atoms with Crippen LogP contribution in [0.5, 0.6) is 5.75 Å². The zero-order chi connectivity index (χ0) is 19.9. The summed E-state index contributed by atoms with van der Waals surface area (Å²) in [5.74, 6) is 0.533. The summed E-state index contributed by atoms with van der Waals surface area (Å²) >= 11 is 7.39. The third-order valence-electron chi connectivity index (χ3n) is 3.94. The van der Waals surface area contributed by atoms with Crippen molar-refractivity contribution in [2.75, 3.05) is 11.9 Å². The molecule has 0 aliphatic carbocycles. The van der Waals surface area contributed by atoms with Crippen molar-refractivity contribution in [1.82, 2.24) is 4.98 Å². The van der Waals surface area contributed by atoms with Crippen molar-refractivity contribution >= 4 is 40.1 Å². The normalized spacial score (nSPS) is 11.0. The fourth-order valence-electron chi connectivity index (χ4n) is 2.60. The van der Waals surface area contributed by atoms with Crippen LogP contribution >= 0.6 is 22.9 Å². The molecule has 1 amide bonds. The van der Waals surface area contributed by atoms with Crippen molar-refractivity contribution in [2.24, 2.45) is 0 Å². The van der Waals surface area contributed by atoms with Crippen molar-refractivity contribution in [2.45, 2.75) is 20.3 Å². The van der Waals surface area contributed by atoms with Crippen LogP contribution in [0.4, 0.5) is 5.13 Å². The van der Waals surface area contributed by atoms with E-state index in [1.165, 1.54) is 17.4 Å². The average molecular weight is 413 g/mol. The van der Waals surface area contributed by atoms with Crippen molar-refractivity contribution in [3.63, 3.8) is 0 Å². The summed E-state index contributed by atoms with van der Waals surface area (Å²) in [5.41, 5.74) is 2.68. The first-order valence-corrected chi connectivity index (χ1v) is 10.2. The number of carbonyl (C=O) groups excluding carboxylic acids is 1. The predicted octanol–water partition coefficient (Wildman–Crippen LogP) is 6.21. The quantitative estimate of drug-likeness (QED) is 0.469. The number of ether oxygens (including phenoxy) is 1. The van der Waals surface area contributed by atoms with Gasteiger partial charge in [0, 0.05) is 27.1 Å². The molecule has 0 saturated heterocycles. The first kappa shape index (κ1) is 20.1. The molecule has 2 aromatic carbocycles. The third kappa shape index (κ3) is 5.21. The number of para-hydroxylation sites is 1. The molecule has 0 aliphatic rings. The first-order chi connectivity index (χ1) is 13.6. The highest BCUT2D eigenvalue weighted by Gasteiger charge is 2.11. The van der Waals surface area contributed by atoms with Crippen LogP contribution in [0.1, 0.15) is 23.8 Å². The molecule has 4 nitrogen and oxygen atoms in total. The van der Waals surface area contributed by atoms with Gasteiger partial charge >= 0.3 is 0 Å². The summed E-state index contributed by atoms with van der Waals surface area (Å²) in [7, 11) is 0. The average Bonchev–Trinajstić information content (AvgIpc) is 3.06. The maximum Gasteiger partial charge on any atom is 0.250 e. The first-order valence-electron chi connectivity index (χ1n) is 9.01. The molecule has 0 fully saturated rings. The number of thiazole rings is 1. The molecule has 0 saturated carbocycles. The molecule has 6 heteroatoms. The smallest absolute Gasteiger partial charge is 0.250 e. The van der Waals surface area contributed by atoms with Crippen LogP contribution in [0.3, 0.4) is 0 Å². The minimum absolute atomic E-state index is 0.235. The number of aromatic nitrogens is 1. The summed E-state index contributed by atoms with van der Waals surface area (Å²) in [6.45, 7) is 4.68. The molecule has 1 N–H and O–H groups in total. The lowest BCUT2D eigenvalue weighted by atomic mass is 10.1. The van der Waals surface area contributed by atoms with E-state index >= 15 is 0 Å². The lowest BCUT2D eigenvalue weighted by Gasteiger charge is -2.07. The Balaban J connectivity index is 1.70. The van der Waals surface area contributed by atoms with Crippen LogP contribution < -0.4 is 10.1 Å². The van der Waals surface area contributed by atoms with Gasteiger partial charge in [-0.3, -0.25) is 10.1 Å². The van der Waals surface area contributed by atoms with E-state index in [0.29, 0.717) is 16.8 Å². The number of aryl methyl sites for hydroxylation is 1. The van der Waals surface area contributed by atoms with E-state index in [1.807, 2.05) is 55.5 Å². The molecule has 28 heavy (non-hydrogen) atoms. The van der Waals surface area contributed by atoms with Crippen LogP contribution in [-0.4, -0.2) is 17.5 Å². The highest BCUT2D eigenvalue weighted by Crippen LogP contribution is 2.31. The highest BCUT2D eigenvalue weighted by molar-refractivity contribution is 7.16. The molecule has 3 rings (SSSR count). The number of nitrogens with one attached hydrogen (secondary N) is 1. The zero-order valence-corrected chi connectivity index (χ0v) is 17.3. The van der Waals surface area contributed by atoms with Gasteiger partial charge in [-0.1, -0.05) is 48.9 Å². The Hall–Kier alpha value is -2.63. The maximum absolute atomic E-state index is 12.3. The molecule has 0 bridgehead atoms. The predicted molar refractivity (Wildman–Crippen MR) is 117 cm³/mol. The number of rotatable bonds is 7. The van der Waals surface area contributed by atoms with E-state index in [1.54, 1.807) is 6.08 Å². The van der Waals surface area contributed by atoms with Crippen LogP contribution in [0.25, 0.3) is 17.3 Å². The molecular weight excluding hydrogens is 392 g/mol. The molecule has 0 radical (unpaired) electrons. The van der Waals surface area contributed by atoms with Gasteiger partial charge < -0.3 is 4.74 Å². The molecule has 0 aliphatic heterocycles. The van der Waals surface area contributed by atoms with Crippen molar-refractivity contribution in [3.05, 3.63) is 70.1 Å². The number of halogens is 1. The fraction of sp³-hybridized carbons (Fsp3) is 0.182. The van der Waals surface area contributed by atoms with Gasteiger partial charge in [0.25, 0.3) is 0 Å². The number of hydrogen-bond acceptors (Lipinski definition) is 4. The minimum atomic E-state index is -0.235. The number of amides is 1. The topological polar surface area (TPSA) is 51.2 Å². The van der Waals surface area contributed by atoms with Crippen LogP contribution in [0.2, 0.25) is 5.02 Å². The Bertz CT molecular complexity index is 980. The van der Waals surface area contributed by atoms with E-state index in [0.717, 1.165) is 33.9 Å². The van der Waals surface area contributed by atoms with E-state index in [9.17, 15) is 4.79 Å². The summed E-state index contributed by atoms with van der Waals surface area (Å²) in [6, 6.07) is 15.1. The van der Waals surface area contributed by atoms with Gasteiger partial charge in [0.2, 0.25) is 5.91 Å². The van der Waals surface area contributed by atoms with E-state index in [-0.39, 0.29) is 5.91 Å². The summed E-state index contributed by atoms with van der Waals surface area (Å²) in [6.07, 6.45) is 4.17. The minimum Gasteiger partial charge on any atom is -0.493 e. The van der Waals surface area contributed by atoms with Crippen molar-refractivity contribution < 1.29 is 9.53 Å². The van der Waals surface area contributed by atoms with Gasteiger partial charge in [-0.2, -0.15) is 0 Å².